The van der Waals surface area contributed by atoms with Gasteiger partial charge in [0.1, 0.15) is 11.5 Å². The fraction of sp³-hybridized carbons (Fsp3) is 0.160. The van der Waals surface area contributed by atoms with Gasteiger partial charge in [-0.05, 0) is 35.9 Å². The van der Waals surface area contributed by atoms with E-state index in [0.29, 0.717) is 22.9 Å². The van der Waals surface area contributed by atoms with Crippen LogP contribution in [0, 0.1) is 0 Å². The zero-order valence-electron chi connectivity index (χ0n) is 18.2. The van der Waals surface area contributed by atoms with Crippen molar-refractivity contribution in [2.45, 2.75) is 5.75 Å². The molecule has 7 nitrogen and oxygen atoms in total. The molecule has 1 amide bonds. The average molecular weight is 466 g/mol. The number of carbonyl (C=O) groups is 3. The standard InChI is InChI=1S/C25H23NO6S/c1-30-24(28)21-12-11-20(14-22(21)25(29)31-2)32-19-10-6-9-18(13-19)26-23(27)16-33-15-17-7-4-3-5-8-17/h3-14H,15-16H2,1-2H3,(H,26,27). The Morgan fingerprint density at radius 3 is 2.21 bits per heavy atom. The van der Waals surface area contributed by atoms with Crippen LogP contribution in [0.25, 0.3) is 0 Å². The number of nitrogens with one attached hydrogen (secondary N) is 1. The average Bonchev–Trinajstić information content (AvgIpc) is 2.84. The SMILES string of the molecule is COC(=O)c1ccc(Oc2cccc(NC(=O)CSCc3ccccc3)c2)cc1C(=O)OC. The minimum absolute atomic E-state index is 0.0294. The summed E-state index contributed by atoms with van der Waals surface area (Å²) in [7, 11) is 2.45. The monoisotopic (exact) mass is 465 g/mol. The van der Waals surface area contributed by atoms with Crippen molar-refractivity contribution < 1.29 is 28.6 Å². The highest BCUT2D eigenvalue weighted by Gasteiger charge is 2.19. The van der Waals surface area contributed by atoms with E-state index in [2.05, 4.69) is 5.32 Å². The van der Waals surface area contributed by atoms with Gasteiger partial charge >= 0.3 is 11.9 Å². The highest BCUT2D eigenvalue weighted by atomic mass is 32.2. The molecule has 0 saturated heterocycles. The fourth-order valence-corrected chi connectivity index (χ4v) is 3.75. The molecule has 1 N–H and O–H groups in total. The lowest BCUT2D eigenvalue weighted by Crippen LogP contribution is -2.14. The molecule has 0 aromatic heterocycles. The third-order valence-corrected chi connectivity index (χ3v) is 5.50. The second-order valence-corrected chi connectivity index (χ2v) is 7.83. The van der Waals surface area contributed by atoms with Gasteiger partial charge in [0.25, 0.3) is 0 Å². The molecule has 3 aromatic rings. The van der Waals surface area contributed by atoms with Crippen LogP contribution in [0.3, 0.4) is 0 Å². The Kier molecular flexibility index (Phi) is 8.49. The van der Waals surface area contributed by atoms with E-state index in [1.807, 2.05) is 30.3 Å². The van der Waals surface area contributed by atoms with Gasteiger partial charge < -0.3 is 19.5 Å². The molecule has 3 rings (SSSR count). The molecule has 0 saturated carbocycles. The Balaban J connectivity index is 1.64. The first kappa shape index (κ1) is 23.9. The number of methoxy groups -OCH3 is 2. The molecule has 0 fully saturated rings. The van der Waals surface area contributed by atoms with Gasteiger partial charge in [-0.15, -0.1) is 11.8 Å². The van der Waals surface area contributed by atoms with E-state index in [-0.39, 0.29) is 17.0 Å². The number of thioether (sulfide) groups is 1. The first-order valence-corrected chi connectivity index (χ1v) is 11.2. The topological polar surface area (TPSA) is 90.9 Å². The minimum Gasteiger partial charge on any atom is -0.465 e. The van der Waals surface area contributed by atoms with Crippen molar-refractivity contribution in [3.8, 4) is 11.5 Å². The van der Waals surface area contributed by atoms with Crippen molar-refractivity contribution in [1.29, 1.82) is 0 Å². The second kappa shape index (κ2) is 11.7. The highest BCUT2D eigenvalue weighted by molar-refractivity contribution is 7.99. The van der Waals surface area contributed by atoms with Crippen molar-refractivity contribution in [2.24, 2.45) is 0 Å². The van der Waals surface area contributed by atoms with Gasteiger partial charge in [0.05, 0.1) is 31.1 Å². The van der Waals surface area contributed by atoms with Crippen molar-refractivity contribution in [3.63, 3.8) is 0 Å². The first-order chi connectivity index (χ1) is 16.0. The number of carbonyl (C=O) groups excluding carboxylic acids is 3. The second-order valence-electron chi connectivity index (χ2n) is 6.85. The van der Waals surface area contributed by atoms with Gasteiger partial charge in [-0.2, -0.15) is 0 Å². The molecule has 0 radical (unpaired) electrons. The quantitative estimate of drug-likeness (QED) is 0.448. The van der Waals surface area contributed by atoms with Crippen LogP contribution in [-0.2, 0) is 20.0 Å². The summed E-state index contributed by atoms with van der Waals surface area (Å²) in [6, 6.07) is 21.2. The Bertz CT molecular complexity index is 1130. The van der Waals surface area contributed by atoms with Crippen molar-refractivity contribution in [2.75, 3.05) is 25.3 Å². The highest BCUT2D eigenvalue weighted by Crippen LogP contribution is 2.27. The maximum Gasteiger partial charge on any atom is 0.338 e. The molecular formula is C25H23NO6S. The van der Waals surface area contributed by atoms with E-state index in [0.717, 1.165) is 11.3 Å². The summed E-state index contributed by atoms with van der Waals surface area (Å²) < 4.78 is 15.3. The molecule has 0 aliphatic carbocycles. The van der Waals surface area contributed by atoms with Crippen LogP contribution in [-0.4, -0.2) is 37.8 Å². The predicted octanol–water partition coefficient (Wildman–Crippen LogP) is 4.92. The van der Waals surface area contributed by atoms with Gasteiger partial charge in [-0.25, -0.2) is 9.59 Å². The minimum atomic E-state index is -0.685. The Morgan fingerprint density at radius 2 is 1.48 bits per heavy atom. The van der Waals surface area contributed by atoms with Crippen LogP contribution in [0.5, 0.6) is 11.5 Å². The molecule has 8 heteroatoms. The summed E-state index contributed by atoms with van der Waals surface area (Å²) in [5, 5.41) is 2.85. The largest absolute Gasteiger partial charge is 0.465 e. The van der Waals surface area contributed by atoms with E-state index in [9.17, 15) is 14.4 Å². The van der Waals surface area contributed by atoms with Gasteiger partial charge in [-0.3, -0.25) is 4.79 Å². The maximum absolute atomic E-state index is 12.3. The first-order valence-electron chi connectivity index (χ1n) is 10.00. The van der Waals surface area contributed by atoms with E-state index in [1.54, 1.807) is 30.3 Å². The molecule has 0 bridgehead atoms. The third kappa shape index (κ3) is 6.85. The van der Waals surface area contributed by atoms with Crippen LogP contribution in [0.4, 0.5) is 5.69 Å². The van der Waals surface area contributed by atoms with E-state index >= 15 is 0 Å². The molecule has 170 valence electrons. The Hall–Kier alpha value is -3.78. The summed E-state index contributed by atoms with van der Waals surface area (Å²) in [5.74, 6) is 0.380. The Labute approximate surface area is 196 Å². The molecule has 0 atom stereocenters. The maximum atomic E-state index is 12.3. The van der Waals surface area contributed by atoms with Crippen LogP contribution < -0.4 is 10.1 Å². The van der Waals surface area contributed by atoms with Gasteiger partial charge in [0, 0.05) is 17.5 Å². The normalized spacial score (nSPS) is 10.2. The molecule has 0 aliphatic heterocycles. The molecule has 0 unspecified atom stereocenters. The van der Waals surface area contributed by atoms with Crippen LogP contribution in [0.15, 0.2) is 72.8 Å². The zero-order valence-corrected chi connectivity index (χ0v) is 19.0. The number of rotatable bonds is 9. The number of amides is 1. The van der Waals surface area contributed by atoms with Gasteiger partial charge in [-0.1, -0.05) is 36.4 Å². The molecule has 3 aromatic carbocycles. The van der Waals surface area contributed by atoms with Gasteiger partial charge in [0.2, 0.25) is 5.91 Å². The van der Waals surface area contributed by atoms with Crippen LogP contribution >= 0.6 is 11.8 Å². The number of benzene rings is 3. The summed E-state index contributed by atoms with van der Waals surface area (Å²) >= 11 is 1.53. The molecule has 0 spiro atoms. The molecule has 0 aliphatic rings. The van der Waals surface area contributed by atoms with Gasteiger partial charge in [0.15, 0.2) is 0 Å². The van der Waals surface area contributed by atoms with E-state index in [1.165, 1.54) is 38.1 Å². The van der Waals surface area contributed by atoms with Crippen LogP contribution in [0.1, 0.15) is 26.3 Å². The predicted molar refractivity (Wildman–Crippen MR) is 127 cm³/mol. The summed E-state index contributed by atoms with van der Waals surface area (Å²) in [5.41, 5.74) is 1.85. The number of anilines is 1. The number of ether oxygens (including phenoxy) is 3. The van der Waals surface area contributed by atoms with Crippen LogP contribution in [0.2, 0.25) is 0 Å². The fourth-order valence-electron chi connectivity index (χ4n) is 2.96. The van der Waals surface area contributed by atoms with Crippen molar-refractivity contribution in [1.82, 2.24) is 0 Å². The third-order valence-electron chi connectivity index (χ3n) is 4.50. The summed E-state index contributed by atoms with van der Waals surface area (Å²) in [6.45, 7) is 0. The number of hydrogen-bond donors (Lipinski definition) is 1. The molecular weight excluding hydrogens is 442 g/mol. The van der Waals surface area contributed by atoms with E-state index in [4.69, 9.17) is 14.2 Å². The summed E-state index contributed by atoms with van der Waals surface area (Å²) in [4.78, 5) is 36.3. The number of esters is 2. The van der Waals surface area contributed by atoms with Crippen molar-refractivity contribution >= 4 is 35.3 Å². The molecule has 33 heavy (non-hydrogen) atoms. The number of hydrogen-bond acceptors (Lipinski definition) is 7. The lowest BCUT2D eigenvalue weighted by molar-refractivity contribution is -0.113. The van der Waals surface area contributed by atoms with Crippen molar-refractivity contribution in [3.05, 3.63) is 89.5 Å². The molecule has 0 heterocycles. The zero-order chi connectivity index (χ0) is 23.6. The smallest absolute Gasteiger partial charge is 0.338 e. The Morgan fingerprint density at radius 1 is 0.788 bits per heavy atom. The lowest BCUT2D eigenvalue weighted by Gasteiger charge is -2.11. The lowest BCUT2D eigenvalue weighted by atomic mass is 10.1. The summed E-state index contributed by atoms with van der Waals surface area (Å²) in [6.07, 6.45) is 0. The van der Waals surface area contributed by atoms with E-state index < -0.39 is 11.9 Å².